The first-order valence-corrected chi connectivity index (χ1v) is 7.92. The van der Waals surface area contributed by atoms with Gasteiger partial charge in [-0.15, -0.1) is 11.3 Å². The Bertz CT molecular complexity index is 866. The Kier molecular flexibility index (Phi) is 4.86. The smallest absolute Gasteiger partial charge is 0.195 e. The molecule has 3 aromatic rings. The largest absolute Gasteiger partial charge is 0.483 e. The lowest BCUT2D eigenvalue weighted by molar-refractivity contribution is 0.105. The van der Waals surface area contributed by atoms with Crippen LogP contribution in [0.4, 0.5) is 8.78 Å². The maximum Gasteiger partial charge on any atom is 0.195 e. The second-order valence-electron chi connectivity index (χ2n) is 4.84. The van der Waals surface area contributed by atoms with Crippen molar-refractivity contribution in [2.45, 2.75) is 6.61 Å². The number of allylic oxidation sites excluding steroid dienone is 1. The first kappa shape index (κ1) is 16.1. The maximum absolute atomic E-state index is 13.5. The Hall–Kier alpha value is -2.73. The van der Waals surface area contributed by atoms with E-state index in [1.165, 1.54) is 23.5 Å². The molecule has 0 unspecified atom stereocenters. The van der Waals surface area contributed by atoms with Crippen LogP contribution in [0, 0.1) is 11.6 Å². The van der Waals surface area contributed by atoms with Crippen molar-refractivity contribution >= 4 is 23.2 Å². The number of benzene rings is 1. The number of halogens is 2. The van der Waals surface area contributed by atoms with Crippen LogP contribution in [-0.4, -0.2) is 5.78 Å². The molecule has 3 rings (SSSR count). The van der Waals surface area contributed by atoms with E-state index >= 15 is 0 Å². The fraction of sp³-hybridized carbons (Fsp3) is 0.0556. The fourth-order valence-electron chi connectivity index (χ4n) is 1.96. The Morgan fingerprint density at radius 3 is 2.83 bits per heavy atom. The third-order valence-electron chi connectivity index (χ3n) is 3.11. The highest BCUT2D eigenvalue weighted by Gasteiger charge is 2.07. The summed E-state index contributed by atoms with van der Waals surface area (Å²) in [4.78, 5) is 12.5. The van der Waals surface area contributed by atoms with Gasteiger partial charge in [-0.05, 0) is 47.9 Å². The number of rotatable bonds is 6. The highest BCUT2D eigenvalue weighted by atomic mass is 32.1. The lowest BCUT2D eigenvalue weighted by Crippen LogP contribution is -1.96. The molecular weight excluding hydrogens is 334 g/mol. The summed E-state index contributed by atoms with van der Waals surface area (Å²) in [6.45, 7) is -0.00470. The number of hydrogen-bond acceptors (Lipinski definition) is 4. The lowest BCUT2D eigenvalue weighted by Gasteiger charge is -2.05. The van der Waals surface area contributed by atoms with Gasteiger partial charge in [0, 0.05) is 6.07 Å². The number of ketones is 1. The zero-order valence-corrected chi connectivity index (χ0v) is 13.2. The molecule has 3 nitrogen and oxygen atoms in total. The van der Waals surface area contributed by atoms with Gasteiger partial charge in [0.2, 0.25) is 0 Å². The number of ether oxygens (including phenoxy) is 1. The molecule has 0 fully saturated rings. The first-order chi connectivity index (χ1) is 11.6. The lowest BCUT2D eigenvalue weighted by atomic mass is 10.3. The van der Waals surface area contributed by atoms with E-state index in [2.05, 4.69) is 0 Å². The van der Waals surface area contributed by atoms with E-state index < -0.39 is 11.6 Å². The molecule has 0 bridgehead atoms. The molecule has 24 heavy (non-hydrogen) atoms. The monoisotopic (exact) mass is 346 g/mol. The van der Waals surface area contributed by atoms with Gasteiger partial charge >= 0.3 is 0 Å². The van der Waals surface area contributed by atoms with Gasteiger partial charge in [0.15, 0.2) is 17.3 Å². The summed E-state index contributed by atoms with van der Waals surface area (Å²) in [6.07, 6.45) is 2.99. The number of furan rings is 1. The second kappa shape index (κ2) is 7.23. The van der Waals surface area contributed by atoms with Gasteiger partial charge in [0.05, 0.1) is 4.88 Å². The maximum atomic E-state index is 13.5. The molecule has 0 spiro atoms. The Morgan fingerprint density at radius 1 is 1.21 bits per heavy atom. The molecule has 0 aliphatic rings. The first-order valence-electron chi connectivity index (χ1n) is 7.04. The van der Waals surface area contributed by atoms with Crippen molar-refractivity contribution < 1.29 is 22.7 Å². The van der Waals surface area contributed by atoms with Crippen LogP contribution in [-0.2, 0) is 6.61 Å². The number of carbonyl (C=O) groups excluding carboxylic acids is 1. The molecule has 0 aliphatic carbocycles. The molecule has 0 aliphatic heterocycles. The normalized spacial score (nSPS) is 11.1. The van der Waals surface area contributed by atoms with Crippen LogP contribution in [0.15, 0.2) is 58.3 Å². The molecule has 1 aromatic carbocycles. The predicted molar refractivity (Wildman–Crippen MR) is 87.1 cm³/mol. The van der Waals surface area contributed by atoms with Gasteiger partial charge < -0.3 is 9.15 Å². The summed E-state index contributed by atoms with van der Waals surface area (Å²) < 4.78 is 37.0. The van der Waals surface area contributed by atoms with Crippen LogP contribution < -0.4 is 4.74 Å². The van der Waals surface area contributed by atoms with Crippen LogP contribution in [0.5, 0.6) is 5.75 Å². The van der Waals surface area contributed by atoms with Crippen molar-refractivity contribution in [3.63, 3.8) is 0 Å². The molecule has 0 saturated carbocycles. The summed E-state index contributed by atoms with van der Waals surface area (Å²) in [5.74, 6) is -0.658. The van der Waals surface area contributed by atoms with Crippen molar-refractivity contribution in [3.05, 3.63) is 82.0 Å². The number of hydrogen-bond donors (Lipinski definition) is 0. The van der Waals surface area contributed by atoms with E-state index in [4.69, 9.17) is 9.15 Å². The van der Waals surface area contributed by atoms with Crippen molar-refractivity contribution in [2.75, 3.05) is 0 Å². The van der Waals surface area contributed by atoms with Gasteiger partial charge in [0.1, 0.15) is 23.9 Å². The average molecular weight is 346 g/mol. The van der Waals surface area contributed by atoms with Gasteiger partial charge in [-0.3, -0.25) is 4.79 Å². The molecule has 0 amide bonds. The van der Waals surface area contributed by atoms with Crippen LogP contribution >= 0.6 is 11.3 Å². The minimum absolute atomic E-state index is 0.00470. The second-order valence-corrected chi connectivity index (χ2v) is 5.79. The zero-order chi connectivity index (χ0) is 16.9. The van der Waals surface area contributed by atoms with Crippen molar-refractivity contribution in [1.29, 1.82) is 0 Å². The van der Waals surface area contributed by atoms with Crippen molar-refractivity contribution in [2.24, 2.45) is 0 Å². The third kappa shape index (κ3) is 3.97. The van der Waals surface area contributed by atoms with Crippen LogP contribution in [0.2, 0.25) is 0 Å². The highest BCUT2D eigenvalue weighted by Crippen LogP contribution is 2.20. The van der Waals surface area contributed by atoms with Crippen molar-refractivity contribution in [1.82, 2.24) is 0 Å². The topological polar surface area (TPSA) is 39.4 Å². The molecule has 2 heterocycles. The molecule has 122 valence electrons. The standard InChI is InChI=1S/C18H12F2O3S/c19-12-3-8-17(15(20)10-12)22-11-14-5-4-13(23-14)6-7-16(21)18-2-1-9-24-18/h1-10H,11H2/b7-6+. The average Bonchev–Trinajstić information content (AvgIpc) is 3.24. The Balaban J connectivity index is 1.60. The van der Waals surface area contributed by atoms with E-state index in [0.29, 0.717) is 16.4 Å². The van der Waals surface area contributed by atoms with Gasteiger partial charge in [-0.25, -0.2) is 8.78 Å². The quantitative estimate of drug-likeness (QED) is 0.461. The molecular formula is C18H12F2O3S. The summed E-state index contributed by atoms with van der Waals surface area (Å²) >= 11 is 1.37. The SMILES string of the molecule is O=C(/C=C/c1ccc(COc2ccc(F)cc2F)o1)c1cccs1. The Labute approximate surface area is 140 Å². The highest BCUT2D eigenvalue weighted by molar-refractivity contribution is 7.12. The van der Waals surface area contributed by atoms with Crippen molar-refractivity contribution in [3.8, 4) is 5.75 Å². The molecule has 0 N–H and O–H groups in total. The molecule has 0 radical (unpaired) electrons. The number of thiophene rings is 1. The van der Waals surface area contributed by atoms with E-state index in [0.717, 1.165) is 12.1 Å². The molecule has 0 atom stereocenters. The fourth-order valence-corrected chi connectivity index (χ4v) is 2.61. The predicted octanol–water partition coefficient (Wildman–Crippen LogP) is 5.09. The summed E-state index contributed by atoms with van der Waals surface area (Å²) in [5.41, 5.74) is 0. The zero-order valence-electron chi connectivity index (χ0n) is 12.4. The third-order valence-corrected chi connectivity index (χ3v) is 3.99. The molecule has 2 aromatic heterocycles. The van der Waals surface area contributed by atoms with Gasteiger partial charge in [-0.1, -0.05) is 6.07 Å². The molecule has 6 heteroatoms. The minimum Gasteiger partial charge on any atom is -0.483 e. The molecule has 0 saturated heterocycles. The number of carbonyl (C=O) groups is 1. The van der Waals surface area contributed by atoms with Gasteiger partial charge in [-0.2, -0.15) is 0 Å². The van der Waals surface area contributed by atoms with E-state index in [1.807, 2.05) is 11.4 Å². The van der Waals surface area contributed by atoms with E-state index in [-0.39, 0.29) is 18.1 Å². The van der Waals surface area contributed by atoms with Gasteiger partial charge in [0.25, 0.3) is 0 Å². The summed E-state index contributed by atoms with van der Waals surface area (Å²) in [5, 5.41) is 1.83. The minimum atomic E-state index is -0.775. The van der Waals surface area contributed by atoms with Crippen LogP contribution in [0.25, 0.3) is 6.08 Å². The van der Waals surface area contributed by atoms with E-state index in [9.17, 15) is 13.6 Å². The summed E-state index contributed by atoms with van der Waals surface area (Å²) in [7, 11) is 0. The van der Waals surface area contributed by atoms with Crippen LogP contribution in [0.3, 0.4) is 0 Å². The van der Waals surface area contributed by atoms with E-state index in [1.54, 1.807) is 24.3 Å². The van der Waals surface area contributed by atoms with Crippen LogP contribution in [0.1, 0.15) is 21.2 Å². The Morgan fingerprint density at radius 2 is 2.08 bits per heavy atom. The summed E-state index contributed by atoms with van der Waals surface area (Å²) in [6, 6.07) is 9.98.